The number of ether oxygens (including phenoxy) is 2. The number of hydrogen-bond acceptors (Lipinski definition) is 4. The van der Waals surface area contributed by atoms with E-state index >= 15 is 0 Å². The third kappa shape index (κ3) is 6.52. The summed E-state index contributed by atoms with van der Waals surface area (Å²) in [6.45, 7) is 2.12. The van der Waals surface area contributed by atoms with Crippen LogP contribution in [0.1, 0.15) is 16.7 Å². The highest BCUT2D eigenvalue weighted by molar-refractivity contribution is 9.10. The molecule has 0 aliphatic carbocycles. The Bertz CT molecular complexity index is 1270. The number of rotatable bonds is 7. The van der Waals surface area contributed by atoms with Crippen LogP contribution in [0.2, 0.25) is 10.0 Å². The monoisotopic (exact) mass is 544 g/mol. The number of methoxy groups -OCH3 is 1. The highest BCUT2D eigenvalue weighted by Crippen LogP contribution is 2.38. The molecule has 0 saturated heterocycles. The standard InChI is InChI=1S/C25H19BrCl2N2O3/c1-15-4-3-5-20(8-15)30-25(31)18(13-29)9-16-10-21(26)24(23(11-16)32-2)33-14-17-6-7-19(27)12-22(17)28/h3-12H,14H2,1-2H3,(H,30,31)/b18-9-. The molecular weight excluding hydrogens is 527 g/mol. The maximum absolute atomic E-state index is 12.6. The predicted molar refractivity (Wildman–Crippen MR) is 135 cm³/mol. The molecule has 5 nitrogen and oxygen atoms in total. The molecule has 0 unspecified atom stereocenters. The van der Waals surface area contributed by atoms with E-state index in [1.54, 1.807) is 36.4 Å². The van der Waals surface area contributed by atoms with Gasteiger partial charge in [0.1, 0.15) is 18.2 Å². The van der Waals surface area contributed by atoms with Gasteiger partial charge in [0, 0.05) is 21.3 Å². The highest BCUT2D eigenvalue weighted by Gasteiger charge is 2.15. The van der Waals surface area contributed by atoms with Gasteiger partial charge in [-0.25, -0.2) is 0 Å². The molecule has 0 bridgehead atoms. The number of carbonyl (C=O) groups excluding carboxylic acids is 1. The smallest absolute Gasteiger partial charge is 0.266 e. The van der Waals surface area contributed by atoms with Crippen molar-refractivity contribution < 1.29 is 14.3 Å². The second-order valence-corrected chi connectivity index (χ2v) is 8.75. The summed E-state index contributed by atoms with van der Waals surface area (Å²) < 4.78 is 12.0. The van der Waals surface area contributed by atoms with Gasteiger partial charge in [0.15, 0.2) is 11.5 Å². The number of hydrogen-bond donors (Lipinski definition) is 1. The minimum atomic E-state index is -0.504. The predicted octanol–water partition coefficient (Wildman–Crippen LogP) is 7.20. The molecule has 0 spiro atoms. The summed E-state index contributed by atoms with van der Waals surface area (Å²) in [5.41, 5.74) is 2.92. The zero-order valence-corrected chi connectivity index (χ0v) is 20.9. The Morgan fingerprint density at radius 2 is 1.97 bits per heavy atom. The van der Waals surface area contributed by atoms with Gasteiger partial charge in [-0.1, -0.05) is 41.4 Å². The van der Waals surface area contributed by atoms with Crippen LogP contribution >= 0.6 is 39.1 Å². The van der Waals surface area contributed by atoms with E-state index in [0.29, 0.717) is 37.3 Å². The van der Waals surface area contributed by atoms with E-state index in [1.807, 2.05) is 31.2 Å². The summed E-state index contributed by atoms with van der Waals surface area (Å²) >= 11 is 15.6. The average molecular weight is 546 g/mol. The fraction of sp³-hybridized carbons (Fsp3) is 0.120. The topological polar surface area (TPSA) is 71.3 Å². The van der Waals surface area contributed by atoms with Crippen molar-refractivity contribution in [3.05, 3.63) is 91.4 Å². The van der Waals surface area contributed by atoms with Crippen LogP contribution in [0, 0.1) is 18.3 Å². The number of halogens is 3. The number of nitrogens with zero attached hydrogens (tertiary/aromatic N) is 1. The zero-order valence-electron chi connectivity index (χ0n) is 17.8. The summed E-state index contributed by atoms with van der Waals surface area (Å²) in [7, 11) is 1.51. The first-order chi connectivity index (χ1) is 15.8. The second kappa shape index (κ2) is 11.2. The Morgan fingerprint density at radius 1 is 1.18 bits per heavy atom. The summed E-state index contributed by atoms with van der Waals surface area (Å²) in [5, 5.41) is 13.3. The molecule has 8 heteroatoms. The highest BCUT2D eigenvalue weighted by atomic mass is 79.9. The average Bonchev–Trinajstić information content (AvgIpc) is 2.77. The molecule has 0 heterocycles. The SMILES string of the molecule is COc1cc(/C=C(/C#N)C(=O)Nc2cccc(C)c2)cc(Br)c1OCc1ccc(Cl)cc1Cl. The second-order valence-electron chi connectivity index (χ2n) is 7.05. The zero-order chi connectivity index (χ0) is 24.0. The van der Waals surface area contributed by atoms with Gasteiger partial charge in [0.2, 0.25) is 0 Å². The fourth-order valence-electron chi connectivity index (χ4n) is 2.99. The Labute approximate surface area is 210 Å². The van der Waals surface area contributed by atoms with E-state index in [1.165, 1.54) is 13.2 Å². The first kappa shape index (κ1) is 24.7. The Kier molecular flexibility index (Phi) is 8.40. The van der Waals surface area contributed by atoms with Crippen LogP contribution in [-0.2, 0) is 11.4 Å². The summed E-state index contributed by atoms with van der Waals surface area (Å²) in [4.78, 5) is 12.6. The Hall–Kier alpha value is -2.98. The van der Waals surface area contributed by atoms with Gasteiger partial charge in [-0.05, 0) is 76.5 Å². The van der Waals surface area contributed by atoms with Crippen molar-refractivity contribution in [3.8, 4) is 17.6 Å². The van der Waals surface area contributed by atoms with E-state index in [4.69, 9.17) is 32.7 Å². The van der Waals surface area contributed by atoms with E-state index in [9.17, 15) is 10.1 Å². The van der Waals surface area contributed by atoms with Crippen LogP contribution < -0.4 is 14.8 Å². The number of anilines is 1. The van der Waals surface area contributed by atoms with Crippen molar-refractivity contribution in [2.75, 3.05) is 12.4 Å². The van der Waals surface area contributed by atoms with Gasteiger partial charge < -0.3 is 14.8 Å². The molecule has 1 amide bonds. The lowest BCUT2D eigenvalue weighted by Crippen LogP contribution is -2.13. The van der Waals surface area contributed by atoms with E-state index in [2.05, 4.69) is 21.2 Å². The van der Waals surface area contributed by atoms with Crippen molar-refractivity contribution in [2.24, 2.45) is 0 Å². The maximum Gasteiger partial charge on any atom is 0.266 e. The first-order valence-corrected chi connectivity index (χ1v) is 11.3. The van der Waals surface area contributed by atoms with Gasteiger partial charge >= 0.3 is 0 Å². The molecule has 0 atom stereocenters. The molecule has 1 N–H and O–H groups in total. The number of nitrogens with one attached hydrogen (secondary N) is 1. The summed E-state index contributed by atoms with van der Waals surface area (Å²) in [6, 6.07) is 17.9. The van der Waals surface area contributed by atoms with E-state index in [-0.39, 0.29) is 12.2 Å². The number of nitriles is 1. The molecule has 0 radical (unpaired) electrons. The van der Waals surface area contributed by atoms with Crippen LogP contribution in [-0.4, -0.2) is 13.0 Å². The molecule has 168 valence electrons. The molecule has 3 rings (SSSR count). The van der Waals surface area contributed by atoms with Crippen molar-refractivity contribution in [2.45, 2.75) is 13.5 Å². The number of carbonyl (C=O) groups is 1. The summed E-state index contributed by atoms with van der Waals surface area (Å²) in [5.74, 6) is 0.386. The molecule has 0 aliphatic rings. The normalized spacial score (nSPS) is 11.0. The lowest BCUT2D eigenvalue weighted by Gasteiger charge is -2.14. The van der Waals surface area contributed by atoms with Crippen molar-refractivity contribution in [1.29, 1.82) is 5.26 Å². The largest absolute Gasteiger partial charge is 0.493 e. The third-order valence-corrected chi connectivity index (χ3v) is 5.77. The molecular formula is C25H19BrCl2N2O3. The first-order valence-electron chi connectivity index (χ1n) is 9.74. The minimum Gasteiger partial charge on any atom is -0.493 e. The third-order valence-electron chi connectivity index (χ3n) is 4.59. The quantitative estimate of drug-likeness (QED) is 0.252. The van der Waals surface area contributed by atoms with Gasteiger partial charge in [-0.2, -0.15) is 5.26 Å². The van der Waals surface area contributed by atoms with Crippen LogP contribution in [0.4, 0.5) is 5.69 Å². The van der Waals surface area contributed by atoms with E-state index < -0.39 is 5.91 Å². The van der Waals surface area contributed by atoms with Gasteiger partial charge in [-0.3, -0.25) is 4.79 Å². The molecule has 0 saturated carbocycles. The number of aryl methyl sites for hydroxylation is 1. The fourth-order valence-corrected chi connectivity index (χ4v) is 4.03. The molecule has 3 aromatic rings. The lowest BCUT2D eigenvalue weighted by molar-refractivity contribution is -0.112. The van der Waals surface area contributed by atoms with Crippen molar-refractivity contribution in [1.82, 2.24) is 0 Å². The minimum absolute atomic E-state index is 0.0490. The van der Waals surface area contributed by atoms with Crippen LogP contribution in [0.15, 0.2) is 64.6 Å². The van der Waals surface area contributed by atoms with Crippen LogP contribution in [0.25, 0.3) is 6.08 Å². The van der Waals surface area contributed by atoms with Crippen molar-refractivity contribution in [3.63, 3.8) is 0 Å². The van der Waals surface area contributed by atoms with Crippen LogP contribution in [0.5, 0.6) is 11.5 Å². The van der Waals surface area contributed by atoms with Gasteiger partial charge in [-0.15, -0.1) is 0 Å². The van der Waals surface area contributed by atoms with E-state index in [0.717, 1.165) is 11.1 Å². The van der Waals surface area contributed by atoms with Gasteiger partial charge in [0.05, 0.1) is 11.6 Å². The van der Waals surface area contributed by atoms with Crippen molar-refractivity contribution >= 4 is 56.8 Å². The lowest BCUT2D eigenvalue weighted by atomic mass is 10.1. The maximum atomic E-state index is 12.6. The summed E-state index contributed by atoms with van der Waals surface area (Å²) in [6.07, 6.45) is 1.48. The molecule has 33 heavy (non-hydrogen) atoms. The number of amides is 1. The molecule has 3 aromatic carbocycles. The van der Waals surface area contributed by atoms with Crippen LogP contribution in [0.3, 0.4) is 0 Å². The number of benzene rings is 3. The molecule has 0 fully saturated rings. The Balaban J connectivity index is 1.83. The van der Waals surface area contributed by atoms with Gasteiger partial charge in [0.25, 0.3) is 5.91 Å². The molecule has 0 aliphatic heterocycles. The molecule has 0 aromatic heterocycles. The Morgan fingerprint density at radius 3 is 2.64 bits per heavy atom.